The van der Waals surface area contributed by atoms with E-state index < -0.39 is 6.10 Å². The Kier molecular flexibility index (Phi) is 6.48. The van der Waals surface area contributed by atoms with Gasteiger partial charge in [0.25, 0.3) is 0 Å². The molecule has 0 rings (SSSR count). The van der Waals surface area contributed by atoms with Crippen LogP contribution in [0.25, 0.3) is 0 Å². The fraction of sp³-hybridized carbons (Fsp3) is 0.875. The lowest BCUT2D eigenvalue weighted by Crippen LogP contribution is -2.40. The summed E-state index contributed by atoms with van der Waals surface area (Å²) in [5.74, 6) is -0.0969. The van der Waals surface area contributed by atoms with Crippen LogP contribution in [-0.2, 0) is 4.79 Å². The molecule has 0 aliphatic rings. The third-order valence-corrected chi connectivity index (χ3v) is 1.45. The summed E-state index contributed by atoms with van der Waals surface area (Å²) >= 11 is 0. The molecule has 0 spiro atoms. The summed E-state index contributed by atoms with van der Waals surface area (Å²) in [5, 5.41) is 14.7. The fourth-order valence-electron chi connectivity index (χ4n) is 0.941. The SMILES string of the molecule is CNCC(=O)NCC(O)CN(C)C. The van der Waals surface area contributed by atoms with Crippen molar-refractivity contribution in [1.29, 1.82) is 0 Å². The molecular weight excluding hydrogens is 170 g/mol. The largest absolute Gasteiger partial charge is 0.390 e. The van der Waals surface area contributed by atoms with Crippen LogP contribution in [0.4, 0.5) is 0 Å². The van der Waals surface area contributed by atoms with Crippen molar-refractivity contribution in [2.75, 3.05) is 40.8 Å². The van der Waals surface area contributed by atoms with E-state index in [1.807, 2.05) is 19.0 Å². The molecule has 0 fully saturated rings. The van der Waals surface area contributed by atoms with Gasteiger partial charge in [0.1, 0.15) is 0 Å². The molecule has 0 saturated heterocycles. The van der Waals surface area contributed by atoms with Crippen molar-refractivity contribution in [2.45, 2.75) is 6.10 Å². The van der Waals surface area contributed by atoms with E-state index >= 15 is 0 Å². The summed E-state index contributed by atoms with van der Waals surface area (Å²) in [6, 6.07) is 0. The minimum Gasteiger partial charge on any atom is -0.390 e. The maximum atomic E-state index is 10.9. The van der Waals surface area contributed by atoms with E-state index in [1.165, 1.54) is 0 Å². The minimum atomic E-state index is -0.504. The van der Waals surface area contributed by atoms with Crippen molar-refractivity contribution in [3.63, 3.8) is 0 Å². The maximum Gasteiger partial charge on any atom is 0.234 e. The lowest BCUT2D eigenvalue weighted by Gasteiger charge is -2.16. The fourth-order valence-corrected chi connectivity index (χ4v) is 0.941. The van der Waals surface area contributed by atoms with E-state index in [9.17, 15) is 9.90 Å². The summed E-state index contributed by atoms with van der Waals surface area (Å²) in [7, 11) is 5.45. The van der Waals surface area contributed by atoms with Crippen LogP contribution in [-0.4, -0.2) is 62.8 Å². The molecule has 0 aromatic rings. The highest BCUT2D eigenvalue weighted by Crippen LogP contribution is 1.83. The molecule has 1 unspecified atom stereocenters. The first kappa shape index (κ1) is 12.3. The third-order valence-electron chi connectivity index (χ3n) is 1.45. The molecule has 0 heterocycles. The molecule has 0 saturated carbocycles. The standard InChI is InChI=1S/C8H19N3O2/c1-9-5-8(13)10-4-7(12)6-11(2)3/h7,9,12H,4-6H2,1-3H3,(H,10,13). The second-order valence-electron chi connectivity index (χ2n) is 3.25. The van der Waals surface area contributed by atoms with Crippen LogP contribution in [0, 0.1) is 0 Å². The van der Waals surface area contributed by atoms with Gasteiger partial charge in [0, 0.05) is 13.1 Å². The Morgan fingerprint density at radius 1 is 1.54 bits per heavy atom. The molecule has 0 aliphatic carbocycles. The average Bonchev–Trinajstić information content (AvgIpc) is 2.00. The van der Waals surface area contributed by atoms with Crippen molar-refractivity contribution >= 4 is 5.91 Å². The van der Waals surface area contributed by atoms with E-state index in [2.05, 4.69) is 10.6 Å². The van der Waals surface area contributed by atoms with Crippen LogP contribution >= 0.6 is 0 Å². The van der Waals surface area contributed by atoms with Crippen molar-refractivity contribution in [2.24, 2.45) is 0 Å². The molecule has 13 heavy (non-hydrogen) atoms. The van der Waals surface area contributed by atoms with Gasteiger partial charge in [-0.1, -0.05) is 0 Å². The molecule has 1 amide bonds. The Bertz CT molecular complexity index is 150. The Labute approximate surface area is 79.1 Å². The van der Waals surface area contributed by atoms with Crippen LogP contribution in [0.1, 0.15) is 0 Å². The van der Waals surface area contributed by atoms with Gasteiger partial charge in [-0.05, 0) is 21.1 Å². The first-order valence-electron chi connectivity index (χ1n) is 4.30. The molecule has 5 nitrogen and oxygen atoms in total. The van der Waals surface area contributed by atoms with E-state index in [1.54, 1.807) is 7.05 Å². The Morgan fingerprint density at radius 3 is 2.62 bits per heavy atom. The zero-order valence-electron chi connectivity index (χ0n) is 8.50. The van der Waals surface area contributed by atoms with Gasteiger partial charge in [0.2, 0.25) is 5.91 Å². The van der Waals surface area contributed by atoms with Crippen LogP contribution in [0.3, 0.4) is 0 Å². The Morgan fingerprint density at radius 2 is 2.15 bits per heavy atom. The van der Waals surface area contributed by atoms with Crippen LogP contribution in [0.2, 0.25) is 0 Å². The average molecular weight is 189 g/mol. The van der Waals surface area contributed by atoms with E-state index in [0.717, 1.165) is 0 Å². The number of amides is 1. The predicted octanol–water partition coefficient (Wildman–Crippen LogP) is -1.76. The molecule has 0 aromatic heterocycles. The van der Waals surface area contributed by atoms with Gasteiger partial charge in [-0.25, -0.2) is 0 Å². The number of hydrogen-bond acceptors (Lipinski definition) is 4. The zero-order chi connectivity index (χ0) is 10.3. The summed E-state index contributed by atoms with van der Waals surface area (Å²) < 4.78 is 0. The topological polar surface area (TPSA) is 64.6 Å². The summed E-state index contributed by atoms with van der Waals surface area (Å²) in [4.78, 5) is 12.8. The number of aliphatic hydroxyl groups is 1. The molecule has 0 aromatic carbocycles. The summed E-state index contributed by atoms with van der Waals surface area (Å²) in [6.45, 7) is 1.15. The van der Waals surface area contributed by atoms with Gasteiger partial charge in [0.05, 0.1) is 12.6 Å². The molecule has 0 aliphatic heterocycles. The number of carbonyl (C=O) groups is 1. The molecule has 1 atom stereocenters. The van der Waals surface area contributed by atoms with Gasteiger partial charge >= 0.3 is 0 Å². The molecule has 0 radical (unpaired) electrons. The predicted molar refractivity (Wildman–Crippen MR) is 51.5 cm³/mol. The normalized spacial score (nSPS) is 13.0. The van der Waals surface area contributed by atoms with Crippen molar-refractivity contribution in [3.8, 4) is 0 Å². The van der Waals surface area contributed by atoms with E-state index in [0.29, 0.717) is 13.1 Å². The maximum absolute atomic E-state index is 10.9. The number of nitrogens with zero attached hydrogens (tertiary/aromatic N) is 1. The molecule has 0 bridgehead atoms. The monoisotopic (exact) mass is 189 g/mol. The van der Waals surface area contributed by atoms with Gasteiger partial charge in [-0.15, -0.1) is 0 Å². The number of aliphatic hydroxyl groups excluding tert-OH is 1. The van der Waals surface area contributed by atoms with Gasteiger partial charge in [-0.3, -0.25) is 4.79 Å². The smallest absolute Gasteiger partial charge is 0.234 e. The number of carbonyl (C=O) groups excluding carboxylic acids is 1. The van der Waals surface area contributed by atoms with Crippen molar-refractivity contribution in [1.82, 2.24) is 15.5 Å². The van der Waals surface area contributed by atoms with E-state index in [4.69, 9.17) is 0 Å². The lowest BCUT2D eigenvalue weighted by atomic mass is 10.3. The second-order valence-corrected chi connectivity index (χ2v) is 3.25. The highest BCUT2D eigenvalue weighted by molar-refractivity contribution is 5.77. The van der Waals surface area contributed by atoms with Gasteiger partial charge in [0.15, 0.2) is 0 Å². The highest BCUT2D eigenvalue weighted by atomic mass is 16.3. The molecule has 5 heteroatoms. The van der Waals surface area contributed by atoms with Gasteiger partial charge < -0.3 is 20.6 Å². The molecule has 3 N–H and O–H groups in total. The van der Waals surface area contributed by atoms with Crippen LogP contribution in [0.15, 0.2) is 0 Å². The van der Waals surface area contributed by atoms with Gasteiger partial charge in [-0.2, -0.15) is 0 Å². The number of hydrogen-bond donors (Lipinski definition) is 3. The minimum absolute atomic E-state index is 0.0969. The highest BCUT2D eigenvalue weighted by Gasteiger charge is 2.06. The first-order chi connectivity index (χ1) is 6.06. The Balaban J connectivity index is 3.45. The summed E-state index contributed by atoms with van der Waals surface area (Å²) in [6.07, 6.45) is -0.504. The van der Waals surface area contributed by atoms with Crippen LogP contribution < -0.4 is 10.6 Å². The number of likely N-dealkylation sites (N-methyl/N-ethyl adjacent to an activating group) is 2. The molecular formula is C8H19N3O2. The number of rotatable bonds is 6. The zero-order valence-corrected chi connectivity index (χ0v) is 8.50. The van der Waals surface area contributed by atoms with Crippen LogP contribution in [0.5, 0.6) is 0 Å². The second kappa shape index (κ2) is 6.82. The van der Waals surface area contributed by atoms with Crippen molar-refractivity contribution in [3.05, 3.63) is 0 Å². The quantitative estimate of drug-likeness (QED) is 0.463. The molecule has 78 valence electrons. The van der Waals surface area contributed by atoms with Crippen molar-refractivity contribution < 1.29 is 9.90 Å². The summed E-state index contributed by atoms with van der Waals surface area (Å²) in [5.41, 5.74) is 0. The Hall–Kier alpha value is -0.650. The lowest BCUT2D eigenvalue weighted by molar-refractivity contribution is -0.120. The first-order valence-corrected chi connectivity index (χ1v) is 4.30. The third kappa shape index (κ3) is 7.70. The van der Waals surface area contributed by atoms with E-state index in [-0.39, 0.29) is 12.5 Å². The number of nitrogens with one attached hydrogen (secondary N) is 2.